The molecule has 0 atom stereocenters. The summed E-state index contributed by atoms with van der Waals surface area (Å²) in [5, 5.41) is 7.00. The van der Waals surface area contributed by atoms with Gasteiger partial charge in [0.15, 0.2) is 0 Å². The van der Waals surface area contributed by atoms with Crippen molar-refractivity contribution >= 4 is 6.29 Å². The molecule has 72 valence electrons. The van der Waals surface area contributed by atoms with Gasteiger partial charge in [0.1, 0.15) is 6.29 Å². The van der Waals surface area contributed by atoms with Crippen molar-refractivity contribution in [1.82, 2.24) is 0 Å². The summed E-state index contributed by atoms with van der Waals surface area (Å²) < 4.78 is 0. The third kappa shape index (κ3) is 3.85. The molecule has 0 saturated heterocycles. The highest BCUT2D eigenvalue weighted by Crippen LogP contribution is 2.13. The summed E-state index contributed by atoms with van der Waals surface area (Å²) in [5.41, 5.74) is 2.02. The van der Waals surface area contributed by atoms with E-state index >= 15 is 0 Å². The van der Waals surface area contributed by atoms with E-state index in [2.05, 4.69) is 13.8 Å². The molecule has 0 unspecified atom stereocenters. The first-order valence-corrected chi connectivity index (χ1v) is 4.24. The molecule has 13 heavy (non-hydrogen) atoms. The number of aliphatic hydroxyl groups is 1. The van der Waals surface area contributed by atoms with E-state index in [1.165, 1.54) is 5.56 Å². The first kappa shape index (κ1) is 11.8. The van der Waals surface area contributed by atoms with Crippen LogP contribution in [0.1, 0.15) is 35.7 Å². The van der Waals surface area contributed by atoms with Gasteiger partial charge in [0.05, 0.1) is 0 Å². The van der Waals surface area contributed by atoms with Gasteiger partial charge in [0, 0.05) is 12.7 Å². The summed E-state index contributed by atoms with van der Waals surface area (Å²) in [5.74, 6) is 0.538. The van der Waals surface area contributed by atoms with Crippen LogP contribution in [0.25, 0.3) is 0 Å². The molecule has 0 aliphatic rings. The fourth-order valence-corrected chi connectivity index (χ4v) is 0.959. The summed E-state index contributed by atoms with van der Waals surface area (Å²) in [6.07, 6.45) is 0.865. The highest BCUT2D eigenvalue weighted by atomic mass is 16.2. The van der Waals surface area contributed by atoms with Crippen LogP contribution in [0.5, 0.6) is 0 Å². The van der Waals surface area contributed by atoms with Gasteiger partial charge in [0.25, 0.3) is 0 Å². The Kier molecular flexibility index (Phi) is 5.81. The summed E-state index contributed by atoms with van der Waals surface area (Å²) >= 11 is 0. The predicted molar refractivity (Wildman–Crippen MR) is 54.1 cm³/mol. The maximum Gasteiger partial charge on any atom is 0.150 e. The van der Waals surface area contributed by atoms with Crippen molar-refractivity contribution in [3.05, 3.63) is 35.4 Å². The average molecular weight is 180 g/mol. The van der Waals surface area contributed by atoms with E-state index in [4.69, 9.17) is 5.11 Å². The molecule has 0 amide bonds. The van der Waals surface area contributed by atoms with Gasteiger partial charge in [-0.25, -0.2) is 0 Å². The lowest BCUT2D eigenvalue weighted by atomic mass is 10.0. The topological polar surface area (TPSA) is 37.3 Å². The lowest BCUT2D eigenvalue weighted by molar-refractivity contribution is 0.112. The van der Waals surface area contributed by atoms with Crippen LogP contribution in [0.2, 0.25) is 0 Å². The highest BCUT2D eigenvalue weighted by Gasteiger charge is 1.96. The lowest BCUT2D eigenvalue weighted by Gasteiger charge is -2.03. The van der Waals surface area contributed by atoms with Crippen molar-refractivity contribution in [1.29, 1.82) is 0 Å². The Labute approximate surface area is 79.2 Å². The summed E-state index contributed by atoms with van der Waals surface area (Å²) in [7, 11) is 1.00. The second-order valence-electron chi connectivity index (χ2n) is 2.94. The molecule has 0 saturated carbocycles. The molecule has 1 N–H and O–H groups in total. The normalized spacial score (nSPS) is 9.00. The van der Waals surface area contributed by atoms with Gasteiger partial charge in [-0.15, -0.1) is 0 Å². The predicted octanol–water partition coefficient (Wildman–Crippen LogP) is 2.23. The molecule has 1 rings (SSSR count). The van der Waals surface area contributed by atoms with Gasteiger partial charge < -0.3 is 5.11 Å². The lowest BCUT2D eigenvalue weighted by Crippen LogP contribution is -1.87. The number of carbonyl (C=O) groups is 1. The quantitative estimate of drug-likeness (QED) is 0.709. The fraction of sp³-hybridized carbons (Fsp3) is 0.364. The summed E-state index contributed by atoms with van der Waals surface area (Å²) in [4.78, 5) is 10.3. The van der Waals surface area contributed by atoms with Crippen LogP contribution < -0.4 is 0 Å². The van der Waals surface area contributed by atoms with E-state index in [0.29, 0.717) is 5.92 Å². The first-order valence-electron chi connectivity index (χ1n) is 4.24. The smallest absolute Gasteiger partial charge is 0.150 e. The molecule has 0 aliphatic heterocycles. The zero-order valence-corrected chi connectivity index (χ0v) is 8.32. The van der Waals surface area contributed by atoms with Crippen LogP contribution in [0.3, 0.4) is 0 Å². The molecule has 0 aromatic heterocycles. The van der Waals surface area contributed by atoms with E-state index in [0.717, 1.165) is 19.0 Å². The molecule has 0 heterocycles. The van der Waals surface area contributed by atoms with E-state index in [1.54, 1.807) is 0 Å². The second-order valence-corrected chi connectivity index (χ2v) is 2.94. The SMILES string of the molecule is CC(C)c1ccc(C=O)cc1.CO. The summed E-state index contributed by atoms with van der Waals surface area (Å²) in [6, 6.07) is 7.69. The van der Waals surface area contributed by atoms with Crippen LogP contribution in [0, 0.1) is 0 Å². The van der Waals surface area contributed by atoms with Crippen LogP contribution in [0.15, 0.2) is 24.3 Å². The number of hydrogen-bond donors (Lipinski definition) is 1. The first-order chi connectivity index (χ1) is 6.24. The molecule has 0 fully saturated rings. The number of carbonyl (C=O) groups excluding carboxylic acids is 1. The molecule has 0 bridgehead atoms. The second kappa shape index (κ2) is 6.38. The van der Waals surface area contributed by atoms with Crippen LogP contribution >= 0.6 is 0 Å². The molecule has 0 radical (unpaired) electrons. The van der Waals surface area contributed by atoms with Crippen LogP contribution in [-0.2, 0) is 0 Å². The van der Waals surface area contributed by atoms with Crippen molar-refractivity contribution in [2.45, 2.75) is 19.8 Å². The number of benzene rings is 1. The Balaban J connectivity index is 0.000000671. The van der Waals surface area contributed by atoms with Crippen molar-refractivity contribution in [3.63, 3.8) is 0 Å². The Hall–Kier alpha value is -1.15. The van der Waals surface area contributed by atoms with Crippen molar-refractivity contribution in [2.24, 2.45) is 0 Å². The molecular weight excluding hydrogens is 164 g/mol. The third-order valence-corrected chi connectivity index (χ3v) is 1.74. The van der Waals surface area contributed by atoms with Crippen molar-refractivity contribution in [3.8, 4) is 0 Å². The minimum atomic E-state index is 0.538. The zero-order valence-electron chi connectivity index (χ0n) is 8.32. The van der Waals surface area contributed by atoms with Gasteiger partial charge in [0.2, 0.25) is 0 Å². The molecule has 0 spiro atoms. The van der Waals surface area contributed by atoms with Gasteiger partial charge >= 0.3 is 0 Å². The van der Waals surface area contributed by atoms with E-state index in [1.807, 2.05) is 24.3 Å². The molecule has 0 aliphatic carbocycles. The van der Waals surface area contributed by atoms with Crippen LogP contribution in [0.4, 0.5) is 0 Å². The number of aldehydes is 1. The minimum Gasteiger partial charge on any atom is -0.400 e. The molecule has 2 heteroatoms. The van der Waals surface area contributed by atoms with Crippen molar-refractivity contribution in [2.75, 3.05) is 7.11 Å². The Bertz CT molecular complexity index is 237. The van der Waals surface area contributed by atoms with Gasteiger partial charge in [-0.2, -0.15) is 0 Å². The Morgan fingerprint density at radius 2 is 1.62 bits per heavy atom. The summed E-state index contributed by atoms with van der Waals surface area (Å²) in [6.45, 7) is 4.27. The van der Waals surface area contributed by atoms with Gasteiger partial charge in [-0.3, -0.25) is 4.79 Å². The van der Waals surface area contributed by atoms with Gasteiger partial charge in [-0.1, -0.05) is 38.1 Å². The Morgan fingerprint density at radius 1 is 1.15 bits per heavy atom. The molecule has 2 nitrogen and oxygen atoms in total. The van der Waals surface area contributed by atoms with Crippen LogP contribution in [-0.4, -0.2) is 18.5 Å². The van der Waals surface area contributed by atoms with Crippen molar-refractivity contribution < 1.29 is 9.90 Å². The van der Waals surface area contributed by atoms with E-state index < -0.39 is 0 Å². The zero-order chi connectivity index (χ0) is 10.3. The van der Waals surface area contributed by atoms with Gasteiger partial charge in [-0.05, 0) is 11.5 Å². The maximum atomic E-state index is 10.3. The molecule has 1 aromatic carbocycles. The number of rotatable bonds is 2. The van der Waals surface area contributed by atoms with E-state index in [-0.39, 0.29) is 0 Å². The maximum absolute atomic E-state index is 10.3. The number of aliphatic hydroxyl groups excluding tert-OH is 1. The monoisotopic (exact) mass is 180 g/mol. The average Bonchev–Trinajstić information content (AvgIpc) is 2.21. The van der Waals surface area contributed by atoms with E-state index in [9.17, 15) is 4.79 Å². The standard InChI is InChI=1S/C10H12O.CH4O/c1-8(2)10-5-3-9(7-11)4-6-10;1-2/h3-8H,1-2H3;2H,1H3. The largest absolute Gasteiger partial charge is 0.400 e. The third-order valence-electron chi connectivity index (χ3n) is 1.74. The molecular formula is C11H16O2. The highest BCUT2D eigenvalue weighted by molar-refractivity contribution is 5.74. The Morgan fingerprint density at radius 3 is 1.92 bits per heavy atom. The molecule has 1 aromatic rings. The fourth-order valence-electron chi connectivity index (χ4n) is 0.959. The minimum absolute atomic E-state index is 0.538. The number of hydrogen-bond acceptors (Lipinski definition) is 2.